The number of pyridine rings is 1. The van der Waals surface area contributed by atoms with Gasteiger partial charge in [0.1, 0.15) is 5.82 Å². The monoisotopic (exact) mass is 418 g/mol. The maximum Gasteiger partial charge on any atom is 0.202 e. The molecule has 0 spiro atoms. The number of rotatable bonds is 5. The van der Waals surface area contributed by atoms with Crippen molar-refractivity contribution in [3.63, 3.8) is 0 Å². The summed E-state index contributed by atoms with van der Waals surface area (Å²) in [7, 11) is 0. The van der Waals surface area contributed by atoms with E-state index in [4.69, 9.17) is 16.3 Å². The highest BCUT2D eigenvalue weighted by atomic mass is 35.5. The van der Waals surface area contributed by atoms with Gasteiger partial charge in [0.25, 0.3) is 0 Å². The summed E-state index contributed by atoms with van der Waals surface area (Å²) >= 11 is 5.82. The molecule has 0 bridgehead atoms. The number of amidine groups is 1. The van der Waals surface area contributed by atoms with Gasteiger partial charge in [-0.3, -0.25) is 0 Å². The number of oxime groups is 1. The van der Waals surface area contributed by atoms with Crippen LogP contribution in [0.4, 0.5) is 16.0 Å². The number of nitrogens with zero attached hydrogens (tertiary/aromatic N) is 3. The average molecular weight is 419 g/mol. The molecular formula is C19H20ClFN6O2. The van der Waals surface area contributed by atoms with Crippen LogP contribution in [-0.2, 0) is 4.74 Å². The Morgan fingerprint density at radius 3 is 3.03 bits per heavy atom. The van der Waals surface area contributed by atoms with Crippen molar-refractivity contribution in [2.45, 2.75) is 25.4 Å². The van der Waals surface area contributed by atoms with Crippen LogP contribution in [0.5, 0.6) is 0 Å². The Morgan fingerprint density at radius 1 is 1.38 bits per heavy atom. The van der Waals surface area contributed by atoms with Crippen LogP contribution in [0.2, 0.25) is 5.02 Å². The molecule has 0 amide bonds. The highest BCUT2D eigenvalue weighted by Crippen LogP contribution is 2.22. The second kappa shape index (κ2) is 8.62. The second-order valence-corrected chi connectivity index (χ2v) is 7.12. The van der Waals surface area contributed by atoms with Crippen molar-refractivity contribution < 1.29 is 14.3 Å². The first-order valence-corrected chi connectivity index (χ1v) is 9.66. The molecule has 10 heteroatoms. The van der Waals surface area contributed by atoms with Crippen LogP contribution in [0.15, 0.2) is 35.6 Å². The largest absolute Gasteiger partial charge is 0.409 e. The number of imidazole rings is 1. The molecule has 0 radical (unpaired) electrons. The number of H-pyrrole nitrogens is 1. The molecule has 1 aromatic carbocycles. The Labute approximate surface area is 171 Å². The number of benzene rings is 1. The van der Waals surface area contributed by atoms with E-state index in [1.165, 1.54) is 18.2 Å². The number of fused-ring (bicyclic) bond motifs is 1. The van der Waals surface area contributed by atoms with Crippen molar-refractivity contribution in [3.05, 3.63) is 46.9 Å². The van der Waals surface area contributed by atoms with Crippen molar-refractivity contribution in [2.24, 2.45) is 5.16 Å². The quantitative estimate of drug-likeness (QED) is 0.216. The van der Waals surface area contributed by atoms with Crippen LogP contribution in [0, 0.1) is 5.82 Å². The summed E-state index contributed by atoms with van der Waals surface area (Å²) in [6.07, 6.45) is 5.00. The lowest BCUT2D eigenvalue weighted by atomic mass is 10.1. The Hall–Kier alpha value is -2.91. The lowest BCUT2D eigenvalue weighted by Crippen LogP contribution is -2.27. The van der Waals surface area contributed by atoms with Gasteiger partial charge in [-0.1, -0.05) is 16.8 Å². The highest BCUT2D eigenvalue weighted by molar-refractivity contribution is 6.31. The smallest absolute Gasteiger partial charge is 0.202 e. The van der Waals surface area contributed by atoms with Crippen molar-refractivity contribution in [2.75, 3.05) is 23.8 Å². The predicted molar refractivity (Wildman–Crippen MR) is 109 cm³/mol. The Kier molecular flexibility index (Phi) is 5.77. The van der Waals surface area contributed by atoms with E-state index in [0.29, 0.717) is 34.9 Å². The molecule has 152 valence electrons. The number of nitrogens with one attached hydrogen (secondary N) is 3. The summed E-state index contributed by atoms with van der Waals surface area (Å²) in [5, 5.41) is 19.0. The van der Waals surface area contributed by atoms with Gasteiger partial charge < -0.3 is 25.6 Å². The number of hydrogen-bond donors (Lipinski definition) is 4. The maximum atomic E-state index is 13.4. The van der Waals surface area contributed by atoms with Crippen molar-refractivity contribution >= 4 is 40.2 Å². The Morgan fingerprint density at radius 2 is 2.28 bits per heavy atom. The van der Waals surface area contributed by atoms with Gasteiger partial charge in [0.2, 0.25) is 5.95 Å². The van der Waals surface area contributed by atoms with E-state index < -0.39 is 5.82 Å². The SMILES string of the molecule is O/N=C(/Nc1ccc(F)c(Cl)c1)c1ccnc2nc(NCC3CCCCO3)[nH]c12. The molecule has 0 saturated carbocycles. The van der Waals surface area contributed by atoms with Gasteiger partial charge in [-0.15, -0.1) is 0 Å². The molecule has 3 heterocycles. The van der Waals surface area contributed by atoms with E-state index >= 15 is 0 Å². The minimum absolute atomic E-state index is 0.0369. The molecule has 1 fully saturated rings. The minimum Gasteiger partial charge on any atom is -0.409 e. The summed E-state index contributed by atoms with van der Waals surface area (Å²) in [6.45, 7) is 1.43. The van der Waals surface area contributed by atoms with Crippen LogP contribution < -0.4 is 10.6 Å². The normalized spacial score (nSPS) is 17.4. The average Bonchev–Trinajstić information content (AvgIpc) is 3.17. The molecule has 0 aliphatic carbocycles. The van der Waals surface area contributed by atoms with E-state index in [9.17, 15) is 9.60 Å². The number of hydrogen-bond acceptors (Lipinski definition) is 6. The third-order valence-electron chi connectivity index (χ3n) is 4.70. The van der Waals surface area contributed by atoms with E-state index in [2.05, 4.69) is 30.7 Å². The summed E-state index contributed by atoms with van der Waals surface area (Å²) < 4.78 is 19.1. The number of anilines is 2. The van der Waals surface area contributed by atoms with Crippen LogP contribution in [0.1, 0.15) is 24.8 Å². The highest BCUT2D eigenvalue weighted by Gasteiger charge is 2.17. The van der Waals surface area contributed by atoms with Gasteiger partial charge in [-0.05, 0) is 43.5 Å². The zero-order chi connectivity index (χ0) is 20.2. The van der Waals surface area contributed by atoms with Gasteiger partial charge in [-0.25, -0.2) is 9.37 Å². The Bertz CT molecular complexity index is 1030. The van der Waals surface area contributed by atoms with E-state index in [0.717, 1.165) is 25.9 Å². The van der Waals surface area contributed by atoms with Crippen LogP contribution in [0.3, 0.4) is 0 Å². The van der Waals surface area contributed by atoms with E-state index in [-0.39, 0.29) is 17.0 Å². The minimum atomic E-state index is -0.530. The van der Waals surface area contributed by atoms with Gasteiger partial charge >= 0.3 is 0 Å². The molecule has 1 atom stereocenters. The first-order valence-electron chi connectivity index (χ1n) is 9.29. The molecule has 2 aromatic heterocycles. The number of ether oxygens (including phenoxy) is 1. The van der Waals surface area contributed by atoms with Crippen LogP contribution in [0.25, 0.3) is 11.2 Å². The molecule has 1 saturated heterocycles. The molecule has 3 aromatic rings. The summed E-state index contributed by atoms with van der Waals surface area (Å²) in [5.41, 5.74) is 2.08. The molecule has 4 rings (SSSR count). The van der Waals surface area contributed by atoms with Gasteiger partial charge in [-0.2, -0.15) is 4.98 Å². The van der Waals surface area contributed by atoms with Crippen molar-refractivity contribution in [1.82, 2.24) is 15.0 Å². The maximum absolute atomic E-state index is 13.4. The third-order valence-corrected chi connectivity index (χ3v) is 4.99. The topological polar surface area (TPSA) is 107 Å². The molecular weight excluding hydrogens is 399 g/mol. The van der Waals surface area contributed by atoms with Crippen LogP contribution in [-0.4, -0.2) is 45.3 Å². The third kappa shape index (κ3) is 4.41. The van der Waals surface area contributed by atoms with Gasteiger partial charge in [0, 0.05) is 30.6 Å². The fourth-order valence-corrected chi connectivity index (χ4v) is 3.41. The van der Waals surface area contributed by atoms with E-state index in [1.807, 2.05) is 0 Å². The zero-order valence-corrected chi connectivity index (χ0v) is 16.2. The fraction of sp³-hybridized carbons (Fsp3) is 0.316. The first kappa shape index (κ1) is 19.4. The van der Waals surface area contributed by atoms with Gasteiger partial charge in [0.05, 0.1) is 16.6 Å². The van der Waals surface area contributed by atoms with Crippen molar-refractivity contribution in [3.8, 4) is 0 Å². The molecule has 1 aliphatic heterocycles. The lowest BCUT2D eigenvalue weighted by Gasteiger charge is -2.22. The van der Waals surface area contributed by atoms with Gasteiger partial charge in [0.15, 0.2) is 11.5 Å². The molecule has 8 nitrogen and oxygen atoms in total. The summed E-state index contributed by atoms with van der Waals surface area (Å²) in [5.74, 6) is 0.166. The fourth-order valence-electron chi connectivity index (χ4n) is 3.23. The summed E-state index contributed by atoms with van der Waals surface area (Å²) in [6, 6.07) is 5.81. The Balaban J connectivity index is 1.55. The molecule has 4 N–H and O–H groups in total. The number of aromatic amines is 1. The first-order chi connectivity index (χ1) is 14.1. The predicted octanol–water partition coefficient (Wildman–Crippen LogP) is 3.98. The molecule has 1 unspecified atom stereocenters. The van der Waals surface area contributed by atoms with E-state index in [1.54, 1.807) is 12.3 Å². The molecule has 1 aliphatic rings. The summed E-state index contributed by atoms with van der Waals surface area (Å²) in [4.78, 5) is 11.9. The zero-order valence-electron chi connectivity index (χ0n) is 15.5. The van der Waals surface area contributed by atoms with Crippen molar-refractivity contribution in [1.29, 1.82) is 0 Å². The standard InChI is InChI=1S/C19H20ClFN6O2/c20-14-9-11(4-5-15(14)21)24-17(27-28)13-6-7-22-18-16(13)25-19(26-18)23-10-12-3-1-2-8-29-12/h4-7,9,12,28H,1-3,8,10H2,(H,24,27)(H2,22,23,25,26). The second-order valence-electron chi connectivity index (χ2n) is 6.71. The number of aromatic nitrogens is 3. The number of halogens is 2. The van der Waals surface area contributed by atoms with Crippen LogP contribution >= 0.6 is 11.6 Å². The lowest BCUT2D eigenvalue weighted by molar-refractivity contribution is 0.0247. The molecule has 29 heavy (non-hydrogen) atoms.